The van der Waals surface area contributed by atoms with Gasteiger partial charge in [0.25, 0.3) is 0 Å². The number of hydrogen-bond acceptors (Lipinski definition) is 0. The first-order chi connectivity index (χ1) is 16.4. The molecule has 35 heavy (non-hydrogen) atoms. The Labute approximate surface area is 199 Å². The van der Waals surface area contributed by atoms with Crippen molar-refractivity contribution < 1.29 is 30.7 Å². The van der Waals surface area contributed by atoms with Crippen molar-refractivity contribution >= 4 is 5.57 Å². The molecule has 0 amide bonds. The Balaban J connectivity index is 1.90. The van der Waals surface area contributed by atoms with Gasteiger partial charge in [-0.2, -0.15) is 17.6 Å². The Bertz CT molecular complexity index is 1240. The molecule has 0 saturated heterocycles. The summed E-state index contributed by atoms with van der Waals surface area (Å²) in [5.74, 6) is -16.4. The molecule has 0 bridgehead atoms. The molecule has 0 heterocycles. The highest BCUT2D eigenvalue weighted by Gasteiger charge is 2.73. The van der Waals surface area contributed by atoms with E-state index in [1.54, 1.807) is 13.0 Å². The van der Waals surface area contributed by atoms with Gasteiger partial charge in [0.15, 0.2) is 0 Å². The van der Waals surface area contributed by atoms with Gasteiger partial charge in [-0.1, -0.05) is 62.8 Å². The molecule has 7 heteroatoms. The number of fused-ring (bicyclic) bond motifs is 3. The lowest BCUT2D eigenvalue weighted by Gasteiger charge is -2.49. The maximum Gasteiger partial charge on any atom is 0.339 e. The lowest BCUT2D eigenvalue weighted by atomic mass is 9.58. The molecular weight excluding hydrogens is 469 g/mol. The number of halogens is 7. The van der Waals surface area contributed by atoms with Gasteiger partial charge in [0, 0.05) is 16.6 Å². The largest absolute Gasteiger partial charge is 0.339 e. The average Bonchev–Trinajstić information content (AvgIpc) is 2.78. The van der Waals surface area contributed by atoms with Gasteiger partial charge < -0.3 is 0 Å². The lowest BCUT2D eigenvalue weighted by Crippen LogP contribution is -2.58. The van der Waals surface area contributed by atoms with Crippen LogP contribution in [0.15, 0.2) is 61.0 Å². The van der Waals surface area contributed by atoms with Gasteiger partial charge in [-0.25, -0.2) is 13.2 Å². The van der Waals surface area contributed by atoms with Crippen LogP contribution < -0.4 is 0 Å². The average molecular weight is 494 g/mol. The molecule has 0 fully saturated rings. The van der Waals surface area contributed by atoms with Crippen molar-refractivity contribution in [3.05, 3.63) is 100 Å². The van der Waals surface area contributed by atoms with Crippen molar-refractivity contribution in [3.8, 4) is 0 Å². The van der Waals surface area contributed by atoms with E-state index in [-0.39, 0.29) is 17.5 Å². The number of alkyl halides is 4. The van der Waals surface area contributed by atoms with Crippen LogP contribution in [0, 0.1) is 17.6 Å². The quantitative estimate of drug-likeness (QED) is 0.279. The highest BCUT2D eigenvalue weighted by atomic mass is 19.3. The summed E-state index contributed by atoms with van der Waals surface area (Å²) in [4.78, 5) is 0. The normalized spacial score (nSPS) is 24.2. The van der Waals surface area contributed by atoms with Crippen LogP contribution in [0.25, 0.3) is 5.57 Å². The van der Waals surface area contributed by atoms with E-state index in [4.69, 9.17) is 0 Å². The summed E-state index contributed by atoms with van der Waals surface area (Å²) in [6.07, 6.45) is 5.50. The van der Waals surface area contributed by atoms with Gasteiger partial charge in [0.05, 0.1) is 11.5 Å². The molecule has 0 radical (unpaired) electrons. The van der Waals surface area contributed by atoms with Crippen molar-refractivity contribution in [2.24, 2.45) is 5.92 Å². The smallest absolute Gasteiger partial charge is 0.211 e. The molecule has 0 aromatic heterocycles. The highest BCUT2D eigenvalue weighted by Crippen LogP contribution is 2.64. The van der Waals surface area contributed by atoms with E-state index in [9.17, 15) is 4.39 Å². The Morgan fingerprint density at radius 1 is 1.00 bits per heavy atom. The fraction of sp³-hybridized carbons (Fsp3) is 0.357. The number of rotatable bonds is 6. The minimum absolute atomic E-state index is 0.0945. The zero-order valence-electron chi connectivity index (χ0n) is 19.4. The Morgan fingerprint density at radius 2 is 1.71 bits per heavy atom. The van der Waals surface area contributed by atoms with Crippen LogP contribution in [0.3, 0.4) is 0 Å². The lowest BCUT2D eigenvalue weighted by molar-refractivity contribution is -0.257. The maximum atomic E-state index is 15.8. The molecule has 2 unspecified atom stereocenters. The van der Waals surface area contributed by atoms with Crippen molar-refractivity contribution in [1.29, 1.82) is 0 Å². The third-order valence-corrected chi connectivity index (χ3v) is 7.08. The van der Waals surface area contributed by atoms with Crippen molar-refractivity contribution in [2.75, 3.05) is 0 Å². The summed E-state index contributed by atoms with van der Waals surface area (Å²) in [7, 11) is 0. The van der Waals surface area contributed by atoms with E-state index in [1.807, 2.05) is 0 Å². The Kier molecular flexibility index (Phi) is 6.27. The number of hydrogen-bond donors (Lipinski definition) is 0. The van der Waals surface area contributed by atoms with E-state index in [0.717, 1.165) is 18.2 Å². The van der Waals surface area contributed by atoms with Gasteiger partial charge in [-0.05, 0) is 42.0 Å². The highest BCUT2D eigenvalue weighted by molar-refractivity contribution is 5.79. The van der Waals surface area contributed by atoms with Gasteiger partial charge in [-0.15, -0.1) is 6.58 Å². The minimum Gasteiger partial charge on any atom is -0.211 e. The number of aryl methyl sites for hydroxylation is 2. The zero-order chi connectivity index (χ0) is 25.8. The molecule has 2 atom stereocenters. The molecule has 2 aliphatic carbocycles. The molecule has 2 aromatic rings. The summed E-state index contributed by atoms with van der Waals surface area (Å²) < 4.78 is 107. The van der Waals surface area contributed by atoms with Crippen LogP contribution in [0.2, 0.25) is 0 Å². The van der Waals surface area contributed by atoms with Crippen molar-refractivity contribution in [2.45, 2.75) is 56.8 Å². The van der Waals surface area contributed by atoms with E-state index < -0.39 is 57.3 Å². The van der Waals surface area contributed by atoms with Gasteiger partial charge in [0.2, 0.25) is 0 Å². The number of benzene rings is 2. The Morgan fingerprint density at radius 3 is 2.34 bits per heavy atom. The summed E-state index contributed by atoms with van der Waals surface area (Å²) in [6, 6.07) is 6.40. The first-order valence-corrected chi connectivity index (χ1v) is 11.5. The van der Waals surface area contributed by atoms with Gasteiger partial charge >= 0.3 is 11.8 Å². The predicted molar refractivity (Wildman–Crippen MR) is 122 cm³/mol. The van der Waals surface area contributed by atoms with Gasteiger partial charge in [0.1, 0.15) is 17.5 Å². The molecule has 0 aliphatic heterocycles. The van der Waals surface area contributed by atoms with Crippen LogP contribution in [0.4, 0.5) is 30.7 Å². The summed E-state index contributed by atoms with van der Waals surface area (Å²) >= 11 is 0. The third kappa shape index (κ3) is 3.66. The maximum absolute atomic E-state index is 15.8. The molecule has 4 rings (SSSR count). The second-order valence-electron chi connectivity index (χ2n) is 9.36. The predicted octanol–water partition coefficient (Wildman–Crippen LogP) is 8.60. The molecule has 2 aromatic carbocycles. The SMILES string of the molecule is C=CCCc1ccc(C2=C(F)C3C(C)(C=C2)c2ccc(CCC)c(F)c2C(F)(F)C3(F)F)c(F)c1. The fourth-order valence-corrected chi connectivity index (χ4v) is 5.24. The van der Waals surface area contributed by atoms with E-state index in [2.05, 4.69) is 6.58 Å². The zero-order valence-corrected chi connectivity index (χ0v) is 19.4. The molecule has 0 N–H and O–H groups in total. The van der Waals surface area contributed by atoms with Crippen LogP contribution in [0.1, 0.15) is 54.5 Å². The van der Waals surface area contributed by atoms with Crippen LogP contribution in [-0.2, 0) is 24.2 Å². The van der Waals surface area contributed by atoms with Crippen molar-refractivity contribution in [1.82, 2.24) is 0 Å². The van der Waals surface area contributed by atoms with E-state index in [1.165, 1.54) is 31.2 Å². The van der Waals surface area contributed by atoms with Crippen LogP contribution >= 0.6 is 0 Å². The summed E-state index contributed by atoms with van der Waals surface area (Å²) in [5, 5.41) is 0. The second kappa shape index (κ2) is 8.68. The Hall–Kier alpha value is -2.83. The van der Waals surface area contributed by atoms with Crippen LogP contribution in [0.5, 0.6) is 0 Å². The van der Waals surface area contributed by atoms with Crippen molar-refractivity contribution in [3.63, 3.8) is 0 Å². The molecular formula is C28H25F7. The first kappa shape index (κ1) is 25.3. The summed E-state index contributed by atoms with van der Waals surface area (Å²) in [6.45, 7) is 6.48. The van der Waals surface area contributed by atoms with E-state index >= 15 is 26.3 Å². The fourth-order valence-electron chi connectivity index (χ4n) is 5.24. The van der Waals surface area contributed by atoms with Crippen LogP contribution in [-0.4, -0.2) is 5.92 Å². The third-order valence-electron chi connectivity index (χ3n) is 7.08. The van der Waals surface area contributed by atoms with E-state index in [0.29, 0.717) is 24.8 Å². The molecule has 0 spiro atoms. The molecule has 2 aliphatic rings. The minimum atomic E-state index is -4.97. The second-order valence-corrected chi connectivity index (χ2v) is 9.36. The molecule has 0 saturated carbocycles. The van der Waals surface area contributed by atoms with Gasteiger partial charge in [-0.3, -0.25) is 0 Å². The topological polar surface area (TPSA) is 0 Å². The monoisotopic (exact) mass is 494 g/mol. The standard InChI is InChI=1S/C28H25F7/c1-4-6-8-16-9-11-18(21(29)15-16)19-13-14-26(3)20-12-10-17(7-5-2)23(30)22(20)27(32,33)28(34,35)25(26)24(19)31/h4,9-15,25H,1,5-8H2,2-3H3. The summed E-state index contributed by atoms with van der Waals surface area (Å²) in [5.41, 5.74) is -4.11. The first-order valence-electron chi connectivity index (χ1n) is 11.5. The molecule has 186 valence electrons. The molecule has 0 nitrogen and oxygen atoms in total. The number of allylic oxidation sites excluding steroid dienone is 5.